The fraction of sp³-hybridized carbons (Fsp3) is 0.261. The minimum Gasteiger partial charge on any atom is -0.330 e. The predicted molar refractivity (Wildman–Crippen MR) is 124 cm³/mol. The number of anilines is 1. The van der Waals surface area contributed by atoms with Gasteiger partial charge in [0.1, 0.15) is 0 Å². The lowest BCUT2D eigenvalue weighted by molar-refractivity contribution is -0.113. The first-order chi connectivity index (χ1) is 15.4. The first-order valence-corrected chi connectivity index (χ1v) is 11.3. The van der Waals surface area contributed by atoms with Crippen molar-refractivity contribution in [3.05, 3.63) is 59.2 Å². The Morgan fingerprint density at radius 3 is 2.66 bits per heavy atom. The van der Waals surface area contributed by atoms with Gasteiger partial charge in [0.2, 0.25) is 17.6 Å². The summed E-state index contributed by atoms with van der Waals surface area (Å²) in [5, 5.41) is 16.1. The highest BCUT2D eigenvalue weighted by Crippen LogP contribution is 2.26. The number of thioether (sulfide) groups is 1. The minimum atomic E-state index is -0.103. The van der Waals surface area contributed by atoms with Crippen molar-refractivity contribution < 1.29 is 9.32 Å². The van der Waals surface area contributed by atoms with E-state index in [0.29, 0.717) is 29.2 Å². The van der Waals surface area contributed by atoms with Crippen LogP contribution in [-0.4, -0.2) is 36.6 Å². The van der Waals surface area contributed by atoms with Crippen LogP contribution in [-0.2, 0) is 11.3 Å². The van der Waals surface area contributed by atoms with Gasteiger partial charge in [0, 0.05) is 17.8 Å². The quantitative estimate of drug-likeness (QED) is 0.410. The highest BCUT2D eigenvalue weighted by molar-refractivity contribution is 7.99. The van der Waals surface area contributed by atoms with Crippen molar-refractivity contribution >= 4 is 23.4 Å². The van der Waals surface area contributed by atoms with Crippen LogP contribution in [0.1, 0.15) is 23.6 Å². The van der Waals surface area contributed by atoms with Gasteiger partial charge in [-0.3, -0.25) is 9.36 Å². The molecule has 8 nitrogen and oxygen atoms in total. The Morgan fingerprint density at radius 2 is 1.91 bits per heavy atom. The Hall–Kier alpha value is -3.46. The average molecular weight is 449 g/mol. The van der Waals surface area contributed by atoms with Crippen LogP contribution >= 0.6 is 11.8 Å². The zero-order valence-corrected chi connectivity index (χ0v) is 19.2. The summed E-state index contributed by atoms with van der Waals surface area (Å²) in [6.07, 6.45) is 0. The molecule has 4 aromatic rings. The minimum absolute atomic E-state index is 0.103. The lowest BCUT2D eigenvalue weighted by Gasteiger charge is -2.09. The number of amides is 1. The summed E-state index contributed by atoms with van der Waals surface area (Å²) >= 11 is 1.32. The molecule has 0 fully saturated rings. The lowest BCUT2D eigenvalue weighted by atomic mass is 10.1. The van der Waals surface area contributed by atoms with E-state index in [0.717, 1.165) is 27.9 Å². The molecule has 0 saturated carbocycles. The van der Waals surface area contributed by atoms with Crippen LogP contribution in [0.15, 0.2) is 52.1 Å². The second-order valence-corrected chi connectivity index (χ2v) is 8.44. The fourth-order valence-corrected chi connectivity index (χ4v) is 4.13. The molecule has 0 radical (unpaired) electrons. The number of carbonyl (C=O) groups excluding carboxylic acids is 1. The molecule has 0 aliphatic heterocycles. The second-order valence-electron chi connectivity index (χ2n) is 7.50. The molecule has 32 heavy (non-hydrogen) atoms. The molecule has 0 atom stereocenters. The molecule has 0 aliphatic rings. The van der Waals surface area contributed by atoms with Crippen molar-refractivity contribution in [1.29, 1.82) is 0 Å². The number of aromatic nitrogens is 5. The van der Waals surface area contributed by atoms with Gasteiger partial charge in [-0.25, -0.2) is 0 Å². The van der Waals surface area contributed by atoms with Crippen LogP contribution in [0.25, 0.3) is 23.1 Å². The van der Waals surface area contributed by atoms with Crippen molar-refractivity contribution in [3.8, 4) is 23.1 Å². The molecule has 0 spiro atoms. The standard InChI is InChI=1S/C23H24N6O2S/c1-5-29-21(22-25-20(28-31-22)17-8-6-7-14(2)12-17)26-27-23(29)32-13-19(30)24-18-10-9-15(3)11-16(18)4/h6-12H,5,13H2,1-4H3,(H,24,30). The topological polar surface area (TPSA) is 98.7 Å². The molecule has 9 heteroatoms. The van der Waals surface area contributed by atoms with E-state index in [1.165, 1.54) is 11.8 Å². The van der Waals surface area contributed by atoms with E-state index in [1.807, 2.05) is 74.7 Å². The molecule has 1 amide bonds. The zero-order valence-electron chi connectivity index (χ0n) is 18.4. The second kappa shape index (κ2) is 9.35. The number of hydrogen-bond acceptors (Lipinski definition) is 7. The summed E-state index contributed by atoms with van der Waals surface area (Å²) in [4.78, 5) is 16.9. The van der Waals surface area contributed by atoms with Gasteiger partial charge >= 0.3 is 0 Å². The number of carbonyl (C=O) groups is 1. The Balaban J connectivity index is 1.47. The van der Waals surface area contributed by atoms with Crippen LogP contribution < -0.4 is 5.32 Å². The normalized spacial score (nSPS) is 11.0. The van der Waals surface area contributed by atoms with E-state index in [1.54, 1.807) is 0 Å². The molecular weight excluding hydrogens is 424 g/mol. The van der Waals surface area contributed by atoms with E-state index < -0.39 is 0 Å². The Morgan fingerprint density at radius 1 is 1.09 bits per heavy atom. The van der Waals surface area contributed by atoms with Crippen molar-refractivity contribution in [3.63, 3.8) is 0 Å². The van der Waals surface area contributed by atoms with Gasteiger partial charge in [0.15, 0.2) is 5.16 Å². The summed E-state index contributed by atoms with van der Waals surface area (Å²) in [5.41, 5.74) is 4.99. The molecule has 0 aliphatic carbocycles. The third-order valence-corrected chi connectivity index (χ3v) is 5.88. The number of nitrogens with one attached hydrogen (secondary N) is 1. The van der Waals surface area contributed by atoms with Gasteiger partial charge in [-0.1, -0.05) is 58.4 Å². The molecule has 2 heterocycles. The van der Waals surface area contributed by atoms with Crippen molar-refractivity contribution in [1.82, 2.24) is 24.9 Å². The molecule has 2 aromatic heterocycles. The van der Waals surface area contributed by atoms with E-state index >= 15 is 0 Å². The lowest BCUT2D eigenvalue weighted by Crippen LogP contribution is -2.15. The summed E-state index contributed by atoms with van der Waals surface area (Å²) in [5.74, 6) is 1.38. The third-order valence-electron chi connectivity index (χ3n) is 4.92. The fourth-order valence-electron chi connectivity index (χ4n) is 3.32. The van der Waals surface area contributed by atoms with Crippen molar-refractivity contribution in [2.24, 2.45) is 0 Å². The Bertz CT molecular complexity index is 1260. The first-order valence-electron chi connectivity index (χ1n) is 10.3. The summed E-state index contributed by atoms with van der Waals surface area (Å²) in [6.45, 7) is 8.59. The Labute approximate surface area is 190 Å². The van der Waals surface area contributed by atoms with Crippen LogP contribution in [0.5, 0.6) is 0 Å². The number of aryl methyl sites for hydroxylation is 3. The highest BCUT2D eigenvalue weighted by atomic mass is 32.2. The van der Waals surface area contributed by atoms with Gasteiger partial charge in [-0.2, -0.15) is 4.98 Å². The monoisotopic (exact) mass is 448 g/mol. The maximum atomic E-state index is 12.5. The van der Waals surface area contributed by atoms with Gasteiger partial charge in [0.05, 0.1) is 5.75 Å². The molecule has 4 rings (SSSR count). The Kier molecular flexibility index (Phi) is 6.36. The summed E-state index contributed by atoms with van der Waals surface area (Å²) in [7, 11) is 0. The van der Waals surface area contributed by atoms with Crippen molar-refractivity contribution in [2.45, 2.75) is 39.4 Å². The zero-order chi connectivity index (χ0) is 22.7. The summed E-state index contributed by atoms with van der Waals surface area (Å²) < 4.78 is 7.32. The largest absolute Gasteiger partial charge is 0.330 e. The number of rotatable bonds is 7. The van der Waals surface area contributed by atoms with Crippen LogP contribution in [0, 0.1) is 20.8 Å². The molecule has 2 aromatic carbocycles. The van der Waals surface area contributed by atoms with Crippen LogP contribution in [0.2, 0.25) is 0 Å². The maximum absolute atomic E-state index is 12.5. The highest BCUT2D eigenvalue weighted by Gasteiger charge is 2.20. The molecule has 1 N–H and O–H groups in total. The van der Waals surface area contributed by atoms with E-state index in [9.17, 15) is 4.79 Å². The summed E-state index contributed by atoms with van der Waals surface area (Å²) in [6, 6.07) is 13.8. The molecule has 0 bridgehead atoms. The van der Waals surface area contributed by atoms with Gasteiger partial charge in [-0.15, -0.1) is 10.2 Å². The third kappa shape index (κ3) is 4.72. The average Bonchev–Trinajstić information content (AvgIpc) is 3.41. The molecular formula is C23H24N6O2S. The molecule has 164 valence electrons. The first kappa shape index (κ1) is 21.8. The van der Waals surface area contributed by atoms with E-state index in [2.05, 4.69) is 25.7 Å². The SMILES string of the molecule is CCn1c(SCC(=O)Nc2ccc(C)cc2C)nnc1-c1nc(-c2cccc(C)c2)no1. The molecule has 0 saturated heterocycles. The van der Waals surface area contributed by atoms with E-state index in [4.69, 9.17) is 4.52 Å². The van der Waals surface area contributed by atoms with Gasteiger partial charge in [-0.05, 0) is 45.4 Å². The number of nitrogens with zero attached hydrogens (tertiary/aromatic N) is 5. The van der Waals surface area contributed by atoms with Crippen LogP contribution in [0.4, 0.5) is 5.69 Å². The number of benzene rings is 2. The number of hydrogen-bond donors (Lipinski definition) is 1. The smallest absolute Gasteiger partial charge is 0.296 e. The van der Waals surface area contributed by atoms with E-state index in [-0.39, 0.29) is 11.7 Å². The molecule has 0 unspecified atom stereocenters. The van der Waals surface area contributed by atoms with Crippen LogP contribution in [0.3, 0.4) is 0 Å². The van der Waals surface area contributed by atoms with Gasteiger partial charge in [0.25, 0.3) is 5.89 Å². The van der Waals surface area contributed by atoms with Gasteiger partial charge < -0.3 is 9.84 Å². The maximum Gasteiger partial charge on any atom is 0.296 e. The predicted octanol–water partition coefficient (Wildman–Crippen LogP) is 4.67. The van der Waals surface area contributed by atoms with Crippen molar-refractivity contribution in [2.75, 3.05) is 11.1 Å².